The third kappa shape index (κ3) is 3.90. The van der Waals surface area contributed by atoms with Crippen molar-refractivity contribution in [1.82, 2.24) is 9.38 Å². The second-order valence-electron chi connectivity index (χ2n) is 5.55. The van der Waals surface area contributed by atoms with E-state index in [1.165, 1.54) is 11.1 Å². The summed E-state index contributed by atoms with van der Waals surface area (Å²) in [7, 11) is 0. The van der Waals surface area contributed by atoms with Crippen LogP contribution in [0, 0.1) is 13.8 Å². The highest BCUT2D eigenvalue weighted by molar-refractivity contribution is 9.10. The lowest BCUT2D eigenvalue weighted by Gasteiger charge is -2.07. The van der Waals surface area contributed by atoms with Gasteiger partial charge in [-0.25, -0.2) is 9.98 Å². The van der Waals surface area contributed by atoms with E-state index in [1.807, 2.05) is 41.1 Å². The van der Waals surface area contributed by atoms with Gasteiger partial charge in [-0.15, -0.1) is 0 Å². The number of pyridine rings is 1. The van der Waals surface area contributed by atoms with Gasteiger partial charge in [-0.05, 0) is 65.2 Å². The number of hydrogen-bond acceptors (Lipinski definition) is 2. The Morgan fingerprint density at radius 1 is 1.22 bits per heavy atom. The Hall–Kier alpha value is -2.34. The van der Waals surface area contributed by atoms with Gasteiger partial charge >= 0.3 is 0 Å². The van der Waals surface area contributed by atoms with Crippen LogP contribution in [0.2, 0.25) is 0 Å². The molecule has 2 heterocycles. The number of hydrogen-bond donors (Lipinski definition) is 2. The van der Waals surface area contributed by atoms with Gasteiger partial charge in [0.05, 0.1) is 12.2 Å². The van der Waals surface area contributed by atoms with E-state index < -0.39 is 0 Å². The second-order valence-corrected chi connectivity index (χ2v) is 6.46. The van der Waals surface area contributed by atoms with E-state index in [-0.39, 0.29) is 0 Å². The van der Waals surface area contributed by atoms with Crippen LogP contribution in [-0.4, -0.2) is 15.3 Å². The number of nitrogens with one attached hydrogen (secondary N) is 1. The molecule has 0 amide bonds. The van der Waals surface area contributed by atoms with E-state index in [1.54, 1.807) is 0 Å². The first-order valence-corrected chi connectivity index (χ1v) is 8.07. The molecule has 0 aliphatic heterocycles. The number of halogens is 1. The highest BCUT2D eigenvalue weighted by Crippen LogP contribution is 2.14. The zero-order chi connectivity index (χ0) is 16.4. The average Bonchev–Trinajstić information content (AvgIpc) is 2.86. The van der Waals surface area contributed by atoms with Crippen LogP contribution in [0.4, 0.5) is 5.69 Å². The minimum absolute atomic E-state index is 0.383. The molecule has 6 heteroatoms. The normalized spacial score (nSPS) is 11.9. The molecule has 0 saturated carbocycles. The van der Waals surface area contributed by atoms with Gasteiger partial charge in [0, 0.05) is 22.6 Å². The minimum atomic E-state index is 0.383. The molecule has 2 aromatic heterocycles. The SMILES string of the molecule is Cc1cc(C)cc(NC(N)=NCc2cn3cc(Br)ccc3n2)c1. The number of aliphatic imine (C=N–C) groups is 1. The smallest absolute Gasteiger partial charge is 0.193 e. The van der Waals surface area contributed by atoms with Gasteiger partial charge in [0.25, 0.3) is 0 Å². The van der Waals surface area contributed by atoms with Crippen LogP contribution in [0.25, 0.3) is 5.65 Å². The second kappa shape index (κ2) is 6.42. The summed E-state index contributed by atoms with van der Waals surface area (Å²) < 4.78 is 2.97. The summed E-state index contributed by atoms with van der Waals surface area (Å²) in [6.45, 7) is 4.55. The quantitative estimate of drug-likeness (QED) is 0.545. The Morgan fingerprint density at radius 2 is 1.96 bits per heavy atom. The van der Waals surface area contributed by atoms with E-state index in [0.29, 0.717) is 12.5 Å². The molecule has 0 unspecified atom stereocenters. The number of nitrogens with zero attached hydrogens (tertiary/aromatic N) is 3. The van der Waals surface area contributed by atoms with Crippen molar-refractivity contribution in [1.29, 1.82) is 0 Å². The standard InChI is InChI=1S/C17H18BrN5/c1-11-5-12(2)7-14(6-11)22-17(19)20-8-15-10-23-9-13(18)3-4-16(23)21-15/h3-7,9-10H,8H2,1-2H3,(H3,19,20,22). The van der Waals surface area contributed by atoms with E-state index in [2.05, 4.69) is 51.1 Å². The molecule has 0 aliphatic carbocycles. The highest BCUT2D eigenvalue weighted by Gasteiger charge is 2.02. The summed E-state index contributed by atoms with van der Waals surface area (Å²) in [6.07, 6.45) is 3.92. The number of fused-ring (bicyclic) bond motifs is 1. The number of rotatable bonds is 3. The fourth-order valence-electron chi connectivity index (χ4n) is 2.49. The van der Waals surface area contributed by atoms with Crippen molar-refractivity contribution in [2.24, 2.45) is 10.7 Å². The summed E-state index contributed by atoms with van der Waals surface area (Å²) >= 11 is 3.45. The molecule has 3 rings (SSSR count). The Balaban J connectivity index is 1.72. The Labute approximate surface area is 143 Å². The third-order valence-electron chi connectivity index (χ3n) is 3.37. The molecule has 0 saturated heterocycles. The number of benzene rings is 1. The van der Waals surface area contributed by atoms with Crippen molar-refractivity contribution in [3.63, 3.8) is 0 Å². The Kier molecular flexibility index (Phi) is 4.34. The van der Waals surface area contributed by atoms with E-state index in [4.69, 9.17) is 5.73 Å². The molecular formula is C17H18BrN5. The molecule has 0 fully saturated rings. The monoisotopic (exact) mass is 371 g/mol. The van der Waals surface area contributed by atoms with Crippen LogP contribution < -0.4 is 11.1 Å². The predicted octanol–water partition coefficient (Wildman–Crippen LogP) is 3.64. The first kappa shape index (κ1) is 15.6. The van der Waals surface area contributed by atoms with E-state index in [0.717, 1.165) is 21.5 Å². The van der Waals surface area contributed by atoms with Gasteiger partial charge in [-0.3, -0.25) is 0 Å². The van der Waals surface area contributed by atoms with Crippen LogP contribution in [0.3, 0.4) is 0 Å². The molecule has 0 radical (unpaired) electrons. The van der Waals surface area contributed by atoms with Crippen LogP contribution in [0.1, 0.15) is 16.8 Å². The molecule has 0 aliphatic rings. The van der Waals surface area contributed by atoms with Crippen molar-refractivity contribution >= 4 is 33.2 Å². The average molecular weight is 372 g/mol. The Bertz CT molecular complexity index is 862. The molecule has 3 N–H and O–H groups in total. The summed E-state index contributed by atoms with van der Waals surface area (Å²) in [5.74, 6) is 0.383. The zero-order valence-electron chi connectivity index (χ0n) is 13.0. The van der Waals surface area contributed by atoms with Crippen molar-refractivity contribution in [2.45, 2.75) is 20.4 Å². The fraction of sp³-hybridized carbons (Fsp3) is 0.176. The van der Waals surface area contributed by atoms with Gasteiger partial charge in [0.1, 0.15) is 5.65 Å². The van der Waals surface area contributed by atoms with Crippen LogP contribution in [-0.2, 0) is 6.54 Å². The van der Waals surface area contributed by atoms with Crippen molar-refractivity contribution < 1.29 is 0 Å². The molecule has 0 atom stereocenters. The van der Waals surface area contributed by atoms with Crippen LogP contribution in [0.5, 0.6) is 0 Å². The van der Waals surface area contributed by atoms with Crippen molar-refractivity contribution in [2.75, 3.05) is 5.32 Å². The first-order chi connectivity index (χ1) is 11.0. The number of aryl methyl sites for hydroxylation is 2. The van der Waals surface area contributed by atoms with E-state index in [9.17, 15) is 0 Å². The number of imidazole rings is 1. The molecule has 0 spiro atoms. The third-order valence-corrected chi connectivity index (χ3v) is 3.84. The lowest BCUT2D eigenvalue weighted by molar-refractivity contribution is 1.01. The maximum absolute atomic E-state index is 5.97. The molecule has 118 valence electrons. The number of anilines is 1. The van der Waals surface area contributed by atoms with Crippen molar-refractivity contribution in [3.05, 3.63) is 64.0 Å². The first-order valence-electron chi connectivity index (χ1n) is 7.28. The summed E-state index contributed by atoms with van der Waals surface area (Å²) in [5, 5.41) is 3.12. The van der Waals surface area contributed by atoms with Crippen molar-refractivity contribution in [3.8, 4) is 0 Å². The number of guanidine groups is 1. The van der Waals surface area contributed by atoms with Crippen LogP contribution >= 0.6 is 15.9 Å². The highest BCUT2D eigenvalue weighted by atomic mass is 79.9. The fourth-order valence-corrected chi connectivity index (χ4v) is 2.85. The topological polar surface area (TPSA) is 67.7 Å². The summed E-state index contributed by atoms with van der Waals surface area (Å²) in [4.78, 5) is 8.88. The Morgan fingerprint density at radius 3 is 2.70 bits per heavy atom. The summed E-state index contributed by atoms with van der Waals surface area (Å²) in [5.41, 5.74) is 11.0. The van der Waals surface area contributed by atoms with E-state index >= 15 is 0 Å². The minimum Gasteiger partial charge on any atom is -0.370 e. The molecule has 3 aromatic rings. The maximum Gasteiger partial charge on any atom is 0.193 e. The molecule has 1 aromatic carbocycles. The summed E-state index contributed by atoms with van der Waals surface area (Å²) in [6, 6.07) is 10.1. The van der Waals surface area contributed by atoms with Gasteiger partial charge in [-0.2, -0.15) is 0 Å². The van der Waals surface area contributed by atoms with Gasteiger partial charge in [0.15, 0.2) is 5.96 Å². The largest absolute Gasteiger partial charge is 0.370 e. The lowest BCUT2D eigenvalue weighted by atomic mass is 10.1. The van der Waals surface area contributed by atoms with Gasteiger partial charge in [-0.1, -0.05) is 6.07 Å². The van der Waals surface area contributed by atoms with Gasteiger partial charge < -0.3 is 15.5 Å². The lowest BCUT2D eigenvalue weighted by Crippen LogP contribution is -2.22. The molecular weight excluding hydrogens is 354 g/mol. The predicted molar refractivity (Wildman–Crippen MR) is 97.8 cm³/mol. The molecule has 23 heavy (non-hydrogen) atoms. The van der Waals surface area contributed by atoms with Crippen LogP contribution in [0.15, 0.2) is 52.2 Å². The molecule has 5 nitrogen and oxygen atoms in total. The molecule has 0 bridgehead atoms. The number of nitrogens with two attached hydrogens (primary N) is 1. The number of aromatic nitrogens is 2. The van der Waals surface area contributed by atoms with Gasteiger partial charge in [0.2, 0.25) is 0 Å². The maximum atomic E-state index is 5.97. The zero-order valence-corrected chi connectivity index (χ0v) is 14.6.